The van der Waals surface area contributed by atoms with Crippen LogP contribution in [0.15, 0.2) is 46.4 Å². The molecule has 1 N–H and O–H groups in total. The molecule has 0 atom stereocenters. The molecule has 0 unspecified atom stereocenters. The lowest BCUT2D eigenvalue weighted by Crippen LogP contribution is -2.38. The molecule has 0 saturated heterocycles. The Balaban J connectivity index is 2.35. The molecule has 4 rings (SSSR count). The van der Waals surface area contributed by atoms with Gasteiger partial charge in [-0.3, -0.25) is 10.1 Å². The minimum absolute atomic E-state index is 0.408. The fourth-order valence-corrected chi connectivity index (χ4v) is 2.44. The summed E-state index contributed by atoms with van der Waals surface area (Å²) in [7, 11) is 0. The van der Waals surface area contributed by atoms with E-state index in [0.717, 1.165) is 21.5 Å². The monoisotopic (exact) mass is 249 g/mol. The Morgan fingerprint density at radius 3 is 2.68 bits per heavy atom. The summed E-state index contributed by atoms with van der Waals surface area (Å²) in [6.07, 6.45) is 0. The summed E-state index contributed by atoms with van der Waals surface area (Å²) in [5.41, 5.74) is 1.15. The first-order valence-electron chi connectivity index (χ1n) is 5.79. The van der Waals surface area contributed by atoms with Gasteiger partial charge in [-0.1, -0.05) is 18.2 Å². The molecule has 0 spiro atoms. The summed E-state index contributed by atoms with van der Waals surface area (Å²) in [5.74, 6) is -0.415. The van der Waals surface area contributed by atoms with Gasteiger partial charge >= 0.3 is 6.03 Å². The van der Waals surface area contributed by atoms with E-state index in [0.29, 0.717) is 10.9 Å². The van der Waals surface area contributed by atoms with Crippen LogP contribution in [0.3, 0.4) is 0 Å². The van der Waals surface area contributed by atoms with Crippen molar-refractivity contribution in [3.8, 4) is 0 Å². The zero-order valence-corrected chi connectivity index (χ0v) is 9.68. The second-order valence-corrected chi connectivity index (χ2v) is 4.36. The number of urea groups is 1. The van der Waals surface area contributed by atoms with Gasteiger partial charge in [0.25, 0.3) is 5.91 Å². The fraction of sp³-hybridized carbons (Fsp3) is 0. The molecule has 0 aliphatic carbocycles. The van der Waals surface area contributed by atoms with Crippen LogP contribution >= 0.6 is 0 Å². The predicted octanol–water partition coefficient (Wildman–Crippen LogP) is 0.721. The van der Waals surface area contributed by atoms with Crippen LogP contribution in [0.4, 0.5) is 10.5 Å². The number of imide groups is 1. The second kappa shape index (κ2) is 3.35. The van der Waals surface area contributed by atoms with Gasteiger partial charge in [0, 0.05) is 10.4 Å². The highest BCUT2D eigenvalue weighted by atomic mass is 16.2. The summed E-state index contributed by atoms with van der Waals surface area (Å²) in [6, 6.07) is 10.4. The molecule has 0 fully saturated rings. The van der Waals surface area contributed by atoms with Crippen LogP contribution in [-0.4, -0.2) is 11.9 Å². The number of carbonyl (C=O) groups excluding carboxylic acids is 2. The highest BCUT2D eigenvalue weighted by molar-refractivity contribution is 6.06. The molecule has 2 aromatic carbocycles. The van der Waals surface area contributed by atoms with E-state index in [-0.39, 0.29) is 0 Å². The number of benzene rings is 2. The number of amides is 3. The lowest BCUT2D eigenvalue weighted by molar-refractivity contribution is 0.0960. The second-order valence-electron chi connectivity index (χ2n) is 4.36. The molecule has 5 nitrogen and oxygen atoms in total. The van der Waals surface area contributed by atoms with Crippen LogP contribution < -0.4 is 16.0 Å². The maximum absolute atomic E-state index is 11.8. The predicted molar refractivity (Wildman–Crippen MR) is 65.4 cm³/mol. The lowest BCUT2D eigenvalue weighted by Gasteiger charge is -2.07. The van der Waals surface area contributed by atoms with Crippen molar-refractivity contribution in [3.05, 3.63) is 63.1 Å². The minimum atomic E-state index is -0.629. The third kappa shape index (κ3) is 1.29. The molecule has 2 aromatic rings. The Morgan fingerprint density at radius 2 is 1.79 bits per heavy atom. The third-order valence-corrected chi connectivity index (χ3v) is 3.25. The lowest BCUT2D eigenvalue weighted by atomic mass is 10.1. The smallest absolute Gasteiger partial charge is 0.272 e. The van der Waals surface area contributed by atoms with Crippen molar-refractivity contribution in [2.75, 3.05) is 0 Å². The minimum Gasteiger partial charge on any atom is -0.272 e. The summed E-state index contributed by atoms with van der Waals surface area (Å²) in [4.78, 5) is 31.6. The highest BCUT2D eigenvalue weighted by Crippen LogP contribution is 2.16. The van der Waals surface area contributed by atoms with Crippen LogP contribution in [-0.2, 0) is 0 Å². The van der Waals surface area contributed by atoms with Crippen molar-refractivity contribution in [2.45, 2.75) is 0 Å². The van der Waals surface area contributed by atoms with Crippen LogP contribution in [0, 0.1) is 10.4 Å². The van der Waals surface area contributed by atoms with E-state index in [9.17, 15) is 9.59 Å². The Hall–Kier alpha value is -2.82. The highest BCUT2D eigenvalue weighted by Gasteiger charge is 2.20. The summed E-state index contributed by atoms with van der Waals surface area (Å²) in [6.45, 7) is 0. The molecule has 0 saturated carbocycles. The van der Waals surface area contributed by atoms with Crippen LogP contribution in [0.2, 0.25) is 0 Å². The van der Waals surface area contributed by atoms with E-state index >= 15 is 0 Å². The van der Waals surface area contributed by atoms with Gasteiger partial charge in [0.1, 0.15) is 0 Å². The molecule has 0 radical (unpaired) electrons. The van der Waals surface area contributed by atoms with Gasteiger partial charge in [0.15, 0.2) is 0 Å². The quantitative estimate of drug-likeness (QED) is 0.637. The largest absolute Gasteiger partial charge is 0.348 e. The first kappa shape index (κ1) is 10.1. The standard InChI is InChI=1S/C14H7N3O2/c18-13-8-5-6-10-11(12(8)16-14(19)17-13)7-3-1-2-4-9(7)15-10/h1-6H,(H,17,18,19). The van der Waals surface area contributed by atoms with Crippen molar-refractivity contribution >= 4 is 17.6 Å². The Bertz CT molecular complexity index is 977. The number of hydrogen-bond donors (Lipinski definition) is 1. The summed E-state index contributed by atoms with van der Waals surface area (Å²) < 4.78 is 0. The number of nitrogens with one attached hydrogen (secondary N) is 1. The Labute approximate surface area is 106 Å². The van der Waals surface area contributed by atoms with E-state index in [2.05, 4.69) is 15.3 Å². The van der Waals surface area contributed by atoms with Gasteiger partial charge in [-0.2, -0.15) is 4.99 Å². The van der Waals surface area contributed by atoms with Gasteiger partial charge < -0.3 is 0 Å². The molecule has 2 heterocycles. The number of fused-ring (bicyclic) bond motifs is 4. The van der Waals surface area contributed by atoms with Gasteiger partial charge in [-0.15, -0.1) is 0 Å². The van der Waals surface area contributed by atoms with Gasteiger partial charge in [0.2, 0.25) is 0 Å². The summed E-state index contributed by atoms with van der Waals surface area (Å²) >= 11 is 0. The number of para-hydroxylation sites is 1. The summed E-state index contributed by atoms with van der Waals surface area (Å²) in [5, 5.41) is 5.09. The fourth-order valence-electron chi connectivity index (χ4n) is 2.44. The average Bonchev–Trinajstić information content (AvgIpc) is 2.77. The molecule has 5 heteroatoms. The first-order chi connectivity index (χ1) is 9.24. The van der Waals surface area contributed by atoms with Crippen molar-refractivity contribution in [2.24, 2.45) is 9.98 Å². The third-order valence-electron chi connectivity index (χ3n) is 3.25. The average molecular weight is 249 g/mol. The molecule has 2 aliphatic heterocycles. The van der Waals surface area contributed by atoms with E-state index < -0.39 is 11.9 Å². The van der Waals surface area contributed by atoms with Crippen LogP contribution in [0.25, 0.3) is 0 Å². The SMILES string of the molecule is O=C1N=c2c(ccc3c2=c2ccccc2=N3)C(=O)N1. The molecule has 19 heavy (non-hydrogen) atoms. The molecular weight excluding hydrogens is 242 g/mol. The Kier molecular flexibility index (Phi) is 1.79. The zero-order valence-electron chi connectivity index (χ0n) is 9.68. The van der Waals surface area contributed by atoms with Gasteiger partial charge in [0.05, 0.1) is 22.0 Å². The maximum atomic E-state index is 11.8. The number of rotatable bonds is 0. The molecule has 2 aliphatic rings. The molecule has 0 bridgehead atoms. The van der Waals surface area contributed by atoms with Crippen molar-refractivity contribution in [3.63, 3.8) is 0 Å². The number of hydrogen-bond acceptors (Lipinski definition) is 3. The first-order valence-corrected chi connectivity index (χ1v) is 5.79. The normalized spacial score (nSPS) is 14.7. The zero-order chi connectivity index (χ0) is 13.0. The number of carbonyl (C=O) groups is 2. The van der Waals surface area contributed by atoms with E-state index in [4.69, 9.17) is 0 Å². The van der Waals surface area contributed by atoms with Gasteiger partial charge in [-0.25, -0.2) is 9.79 Å². The maximum Gasteiger partial charge on any atom is 0.348 e. The Morgan fingerprint density at radius 1 is 0.947 bits per heavy atom. The topological polar surface area (TPSA) is 70.9 Å². The number of nitrogens with zero attached hydrogens (tertiary/aromatic N) is 2. The van der Waals surface area contributed by atoms with Crippen LogP contribution in [0.5, 0.6) is 0 Å². The van der Waals surface area contributed by atoms with Gasteiger partial charge in [-0.05, 0) is 18.2 Å². The van der Waals surface area contributed by atoms with E-state index in [1.165, 1.54) is 0 Å². The van der Waals surface area contributed by atoms with Crippen molar-refractivity contribution in [1.82, 2.24) is 5.32 Å². The van der Waals surface area contributed by atoms with Crippen molar-refractivity contribution < 1.29 is 9.59 Å². The van der Waals surface area contributed by atoms with E-state index in [1.807, 2.05) is 24.3 Å². The molecule has 3 amide bonds. The molecular formula is C14H7N3O2. The van der Waals surface area contributed by atoms with Crippen LogP contribution in [0.1, 0.15) is 10.4 Å². The van der Waals surface area contributed by atoms with E-state index in [1.54, 1.807) is 12.1 Å². The molecule has 0 aromatic heterocycles. The molecule has 90 valence electrons. The van der Waals surface area contributed by atoms with Crippen molar-refractivity contribution in [1.29, 1.82) is 0 Å².